The van der Waals surface area contributed by atoms with Crippen LogP contribution in [-0.4, -0.2) is 81.8 Å². The predicted octanol–water partition coefficient (Wildman–Crippen LogP) is -8.35. The Morgan fingerprint density at radius 1 is 0.857 bits per heavy atom. The molecular formula is C4H16B7NO2. The van der Waals surface area contributed by atoms with Gasteiger partial charge in [0, 0.05) is 5.40 Å². The summed E-state index contributed by atoms with van der Waals surface area (Å²) >= 11 is 0. The van der Waals surface area contributed by atoms with Crippen LogP contribution in [0.2, 0.25) is 0 Å². The minimum absolute atomic E-state index is 0.168. The molecule has 1 unspecified atom stereocenters. The molecule has 1 atom stereocenters. The fourth-order valence-electron chi connectivity index (χ4n) is 1.80. The Morgan fingerprint density at radius 3 is 1.64 bits per heavy atom. The van der Waals surface area contributed by atoms with E-state index in [1.54, 1.807) is 7.85 Å². The molecular weight excluding hydrogens is 170 g/mol. The van der Waals surface area contributed by atoms with Gasteiger partial charge in [0.2, 0.25) is 0 Å². The lowest BCUT2D eigenvalue weighted by Crippen LogP contribution is -2.85. The van der Waals surface area contributed by atoms with Gasteiger partial charge in [-0.15, -0.1) is 0 Å². The van der Waals surface area contributed by atoms with Gasteiger partial charge in [-0.05, 0) is 10.7 Å². The van der Waals surface area contributed by atoms with Gasteiger partial charge in [-0.3, -0.25) is 0 Å². The van der Waals surface area contributed by atoms with E-state index in [0.717, 1.165) is 0 Å². The average molecular weight is 186 g/mol. The van der Waals surface area contributed by atoms with E-state index in [1.807, 2.05) is 31.4 Å². The van der Waals surface area contributed by atoms with E-state index >= 15 is 0 Å². The molecule has 0 aromatic rings. The monoisotopic (exact) mass is 187 g/mol. The van der Waals surface area contributed by atoms with Crippen LogP contribution in [0.4, 0.5) is 0 Å². The van der Waals surface area contributed by atoms with Crippen LogP contribution >= 0.6 is 0 Å². The number of rotatable bonds is 0. The third kappa shape index (κ3) is 1.72. The summed E-state index contributed by atoms with van der Waals surface area (Å²) in [6.07, 6.45) is 0. The van der Waals surface area contributed by atoms with Gasteiger partial charge >= 0.3 is 0 Å². The molecule has 2 N–H and O–H groups in total. The lowest BCUT2D eigenvalue weighted by atomic mass is 9.35. The summed E-state index contributed by atoms with van der Waals surface area (Å²) < 4.78 is 5.78. The van der Waals surface area contributed by atoms with Crippen molar-refractivity contribution in [2.24, 2.45) is 0 Å². The van der Waals surface area contributed by atoms with Crippen molar-refractivity contribution < 1.29 is 9.84 Å². The van der Waals surface area contributed by atoms with Gasteiger partial charge in [0.15, 0.2) is 7.85 Å². The zero-order valence-corrected chi connectivity index (χ0v) is 10.4. The van der Waals surface area contributed by atoms with E-state index in [9.17, 15) is 5.11 Å². The second-order valence-corrected chi connectivity index (χ2v) is 5.97. The molecule has 1 rings (SSSR count). The summed E-state index contributed by atoms with van der Waals surface area (Å²) in [6.45, 7) is 0. The van der Waals surface area contributed by atoms with Crippen LogP contribution in [0.25, 0.3) is 0 Å². The highest BCUT2D eigenvalue weighted by Crippen LogP contribution is 2.31. The molecule has 0 amide bonds. The van der Waals surface area contributed by atoms with Crippen LogP contribution in [0.1, 0.15) is 0 Å². The minimum atomic E-state index is -1.15. The molecule has 0 saturated carbocycles. The first-order valence-corrected chi connectivity index (χ1v) is 5.13. The quantitative estimate of drug-likeness (QED) is 0.369. The van der Waals surface area contributed by atoms with Crippen molar-refractivity contribution in [3.63, 3.8) is 0 Å². The van der Waals surface area contributed by atoms with Crippen LogP contribution in [0, 0.1) is 0 Å². The van der Waals surface area contributed by atoms with Gasteiger partial charge in [0.05, 0.1) is 0 Å². The fraction of sp³-hybridized carbons (Fsp3) is 1.00. The van der Waals surface area contributed by atoms with Gasteiger partial charge in [0.1, 0.15) is 52.8 Å². The van der Waals surface area contributed by atoms with Crippen molar-refractivity contribution in [2.45, 2.75) is 21.8 Å². The molecule has 14 heavy (non-hydrogen) atoms. The van der Waals surface area contributed by atoms with E-state index in [4.69, 9.17) is 4.74 Å². The van der Waals surface area contributed by atoms with E-state index in [-0.39, 0.29) is 5.34 Å². The first kappa shape index (κ1) is 12.4. The second-order valence-electron chi connectivity index (χ2n) is 5.97. The number of aliphatic hydroxyl groups is 1. The first-order chi connectivity index (χ1) is 5.91. The van der Waals surface area contributed by atoms with Crippen LogP contribution in [0.3, 0.4) is 0 Å². The third-order valence-electron chi connectivity index (χ3n) is 3.74. The maximum absolute atomic E-state index is 10.2. The normalized spacial score (nSPS) is 38.9. The zero-order chi connectivity index (χ0) is 11.4. The minimum Gasteiger partial charge on any atom is -0.374 e. The highest BCUT2D eigenvalue weighted by molar-refractivity contribution is 6.56. The lowest BCUT2D eigenvalue weighted by Gasteiger charge is -2.61. The molecule has 1 aliphatic heterocycles. The molecule has 1 fully saturated rings. The van der Waals surface area contributed by atoms with Crippen molar-refractivity contribution >= 4 is 54.9 Å². The molecule has 1 heterocycles. The number of hydrogen-bond donors (Lipinski definition) is 2. The van der Waals surface area contributed by atoms with Gasteiger partial charge < -0.3 is 15.2 Å². The number of ether oxygens (including phenoxy) is 1. The number of morpholine rings is 1. The van der Waals surface area contributed by atoms with Crippen molar-refractivity contribution in [3.8, 4) is 0 Å². The fourth-order valence-corrected chi connectivity index (χ4v) is 1.80. The Bertz CT molecular complexity index is 202. The standard InChI is InChI=1S/C4H16B7NO2/c5-1(6)3(9,10)14-4(11,13)2(7,8)12-1/h12-13H,5-11H2. The lowest BCUT2D eigenvalue weighted by molar-refractivity contribution is -0.206. The molecule has 1 aliphatic rings. The first-order valence-electron chi connectivity index (χ1n) is 5.13. The average Bonchev–Trinajstić information content (AvgIpc) is 1.78. The highest BCUT2D eigenvalue weighted by atomic mass is 16.6. The number of nitrogens with one attached hydrogen (secondary N) is 1. The van der Waals surface area contributed by atoms with Crippen LogP contribution in [0.15, 0.2) is 0 Å². The zero-order valence-electron chi connectivity index (χ0n) is 10.4. The van der Waals surface area contributed by atoms with Crippen molar-refractivity contribution in [1.82, 2.24) is 5.32 Å². The molecule has 0 spiro atoms. The molecule has 0 aliphatic carbocycles. The summed E-state index contributed by atoms with van der Waals surface area (Å²) in [5.41, 5.74) is -1.15. The molecule has 0 bridgehead atoms. The largest absolute Gasteiger partial charge is 0.374 e. The summed E-state index contributed by atoms with van der Waals surface area (Å²) in [6, 6.07) is 0. The van der Waals surface area contributed by atoms with E-state index in [0.29, 0.717) is 0 Å². The molecule has 3 nitrogen and oxygen atoms in total. The van der Waals surface area contributed by atoms with Gasteiger partial charge in [-0.25, -0.2) is 0 Å². The molecule has 0 aromatic carbocycles. The van der Waals surface area contributed by atoms with Crippen molar-refractivity contribution in [3.05, 3.63) is 0 Å². The Kier molecular flexibility index (Phi) is 2.59. The Labute approximate surface area is 92.3 Å². The predicted molar refractivity (Wildman–Crippen MR) is 77.2 cm³/mol. The molecule has 0 radical (unpaired) electrons. The van der Waals surface area contributed by atoms with Gasteiger partial charge in [-0.1, -0.05) is 0 Å². The van der Waals surface area contributed by atoms with Gasteiger partial charge in [-0.2, -0.15) is 0 Å². The van der Waals surface area contributed by atoms with Crippen molar-refractivity contribution in [1.29, 1.82) is 0 Å². The van der Waals surface area contributed by atoms with E-state index in [2.05, 4.69) is 21.0 Å². The maximum atomic E-state index is 10.2. The molecule has 10 heteroatoms. The number of hydrogen-bond acceptors (Lipinski definition) is 3. The topological polar surface area (TPSA) is 41.5 Å². The van der Waals surface area contributed by atoms with Crippen molar-refractivity contribution in [2.75, 3.05) is 0 Å². The third-order valence-corrected chi connectivity index (χ3v) is 3.74. The van der Waals surface area contributed by atoms with Gasteiger partial charge in [0.25, 0.3) is 0 Å². The second kappa shape index (κ2) is 2.93. The van der Waals surface area contributed by atoms with Crippen LogP contribution in [-0.2, 0) is 4.74 Å². The molecule has 1 saturated heterocycles. The Hall–Kier alpha value is 0.335. The van der Waals surface area contributed by atoms with E-state index < -0.39 is 16.4 Å². The SMILES string of the molecule is BC1(B)NC(B)(B)C(B)(O)OC1(B)B. The summed E-state index contributed by atoms with van der Waals surface area (Å²) in [4.78, 5) is 0. The summed E-state index contributed by atoms with van der Waals surface area (Å²) in [5.74, 6) is 0. The summed E-state index contributed by atoms with van der Waals surface area (Å²) in [7, 11) is 13.8. The summed E-state index contributed by atoms with van der Waals surface area (Å²) in [5, 5.41) is 12.6. The smallest absolute Gasteiger partial charge is 0.178 e. The highest BCUT2D eigenvalue weighted by Gasteiger charge is 2.54. The Morgan fingerprint density at radius 2 is 1.29 bits per heavy atom. The molecule has 70 valence electrons. The van der Waals surface area contributed by atoms with Crippen LogP contribution < -0.4 is 5.32 Å². The molecule has 0 aromatic heterocycles. The van der Waals surface area contributed by atoms with E-state index in [1.165, 1.54) is 0 Å². The Balaban J connectivity index is 3.07. The maximum Gasteiger partial charge on any atom is 0.178 e. The van der Waals surface area contributed by atoms with Crippen LogP contribution in [0.5, 0.6) is 0 Å².